The van der Waals surface area contributed by atoms with Gasteiger partial charge in [-0.05, 0) is 76.3 Å². The van der Waals surface area contributed by atoms with E-state index >= 15 is 0 Å². The van der Waals surface area contributed by atoms with E-state index in [1.807, 2.05) is 69.3 Å². The molecule has 0 spiro atoms. The number of amides is 3. The fourth-order valence-corrected chi connectivity index (χ4v) is 3.92. The third-order valence-corrected chi connectivity index (χ3v) is 5.89. The molecule has 1 unspecified atom stereocenters. The number of rotatable bonds is 9. The van der Waals surface area contributed by atoms with Crippen molar-refractivity contribution in [1.29, 1.82) is 0 Å². The van der Waals surface area contributed by atoms with Gasteiger partial charge in [0, 0.05) is 19.1 Å². The highest BCUT2D eigenvalue weighted by molar-refractivity contribution is 5.90. The molecule has 214 valence electrons. The SMILES string of the molecule is COc1ccc(CN(C(=O)CN(C)C(=O)OC(C)(C)C)C(C(=O)NC(C)(C)C)c2ccc(C(C)C)cc2)cc1. The molecule has 1 atom stereocenters. The van der Waals surface area contributed by atoms with Gasteiger partial charge in [-0.3, -0.25) is 9.59 Å². The minimum Gasteiger partial charge on any atom is -0.497 e. The minimum atomic E-state index is -0.924. The maximum atomic E-state index is 13.9. The zero-order valence-electron chi connectivity index (χ0n) is 25.1. The lowest BCUT2D eigenvalue weighted by atomic mass is 9.96. The summed E-state index contributed by atoms with van der Waals surface area (Å²) in [5, 5.41) is 3.04. The van der Waals surface area contributed by atoms with Crippen LogP contribution in [0, 0.1) is 0 Å². The van der Waals surface area contributed by atoms with E-state index in [9.17, 15) is 14.4 Å². The first-order chi connectivity index (χ1) is 18.0. The number of hydrogen-bond acceptors (Lipinski definition) is 5. The molecule has 0 heterocycles. The number of likely N-dealkylation sites (N-methyl/N-ethyl adjacent to an activating group) is 1. The Balaban J connectivity index is 2.54. The number of ether oxygens (including phenoxy) is 2. The van der Waals surface area contributed by atoms with Gasteiger partial charge in [0.2, 0.25) is 11.8 Å². The van der Waals surface area contributed by atoms with Crippen molar-refractivity contribution in [1.82, 2.24) is 15.1 Å². The van der Waals surface area contributed by atoms with Crippen molar-refractivity contribution >= 4 is 17.9 Å². The smallest absolute Gasteiger partial charge is 0.410 e. The predicted molar refractivity (Wildman–Crippen MR) is 154 cm³/mol. The molecule has 2 rings (SSSR count). The van der Waals surface area contributed by atoms with Crippen molar-refractivity contribution in [2.75, 3.05) is 20.7 Å². The van der Waals surface area contributed by atoms with Gasteiger partial charge in [0.05, 0.1) is 7.11 Å². The van der Waals surface area contributed by atoms with E-state index in [1.165, 1.54) is 16.8 Å². The third-order valence-electron chi connectivity index (χ3n) is 5.89. The van der Waals surface area contributed by atoms with Gasteiger partial charge in [-0.15, -0.1) is 0 Å². The number of carbonyl (C=O) groups is 3. The van der Waals surface area contributed by atoms with Crippen LogP contribution in [0.2, 0.25) is 0 Å². The Bertz CT molecular complexity index is 1110. The average molecular weight is 540 g/mol. The molecule has 0 fully saturated rings. The summed E-state index contributed by atoms with van der Waals surface area (Å²) in [5.41, 5.74) is 1.41. The molecule has 0 aromatic heterocycles. The molecule has 2 aromatic rings. The Kier molecular flexibility index (Phi) is 10.6. The number of carbonyl (C=O) groups excluding carboxylic acids is 3. The zero-order valence-corrected chi connectivity index (χ0v) is 25.1. The highest BCUT2D eigenvalue weighted by Crippen LogP contribution is 2.27. The Morgan fingerprint density at radius 3 is 1.87 bits per heavy atom. The quantitative estimate of drug-likeness (QED) is 0.444. The van der Waals surface area contributed by atoms with Gasteiger partial charge in [-0.2, -0.15) is 0 Å². The van der Waals surface area contributed by atoms with Crippen molar-refractivity contribution in [3.05, 3.63) is 65.2 Å². The Morgan fingerprint density at radius 2 is 1.41 bits per heavy atom. The summed E-state index contributed by atoms with van der Waals surface area (Å²) in [5.74, 6) is 0.316. The molecule has 8 heteroatoms. The van der Waals surface area contributed by atoms with Crippen molar-refractivity contribution in [3.63, 3.8) is 0 Å². The summed E-state index contributed by atoms with van der Waals surface area (Å²) in [6.07, 6.45) is -0.614. The molecule has 0 aliphatic carbocycles. The first-order valence-electron chi connectivity index (χ1n) is 13.3. The van der Waals surface area contributed by atoms with Gasteiger partial charge in [-0.25, -0.2) is 4.79 Å². The van der Waals surface area contributed by atoms with Crippen LogP contribution in [-0.2, 0) is 20.9 Å². The van der Waals surface area contributed by atoms with Crippen LogP contribution in [0.25, 0.3) is 0 Å². The summed E-state index contributed by atoms with van der Waals surface area (Å²) in [6.45, 7) is 15.1. The van der Waals surface area contributed by atoms with Crippen LogP contribution in [-0.4, -0.2) is 59.5 Å². The van der Waals surface area contributed by atoms with E-state index in [1.54, 1.807) is 27.9 Å². The number of methoxy groups -OCH3 is 1. The van der Waals surface area contributed by atoms with Gasteiger partial charge < -0.3 is 24.6 Å². The molecule has 0 saturated carbocycles. The number of nitrogens with one attached hydrogen (secondary N) is 1. The van der Waals surface area contributed by atoms with Gasteiger partial charge in [0.25, 0.3) is 0 Å². The third kappa shape index (κ3) is 9.93. The maximum Gasteiger partial charge on any atom is 0.410 e. The van der Waals surface area contributed by atoms with Crippen LogP contribution in [0.15, 0.2) is 48.5 Å². The van der Waals surface area contributed by atoms with E-state index < -0.39 is 23.3 Å². The number of nitrogens with zero attached hydrogens (tertiary/aromatic N) is 2. The first kappa shape index (κ1) is 31.7. The maximum absolute atomic E-state index is 13.9. The minimum absolute atomic E-state index is 0.152. The fraction of sp³-hybridized carbons (Fsp3) is 0.516. The summed E-state index contributed by atoms with van der Waals surface area (Å²) in [4.78, 5) is 43.1. The Hall–Kier alpha value is -3.55. The summed E-state index contributed by atoms with van der Waals surface area (Å²) in [7, 11) is 3.10. The second-order valence-corrected chi connectivity index (χ2v) is 12.2. The second-order valence-electron chi connectivity index (χ2n) is 12.2. The van der Waals surface area contributed by atoms with Gasteiger partial charge >= 0.3 is 6.09 Å². The van der Waals surface area contributed by atoms with Crippen LogP contribution in [0.5, 0.6) is 5.75 Å². The predicted octanol–water partition coefficient (Wildman–Crippen LogP) is 5.67. The molecular formula is C31H45N3O5. The van der Waals surface area contributed by atoms with Crippen LogP contribution in [0.4, 0.5) is 4.79 Å². The van der Waals surface area contributed by atoms with Gasteiger partial charge in [0.15, 0.2) is 0 Å². The average Bonchev–Trinajstić information content (AvgIpc) is 2.82. The summed E-state index contributed by atoms with van der Waals surface area (Å²) >= 11 is 0. The summed E-state index contributed by atoms with van der Waals surface area (Å²) in [6, 6.07) is 14.2. The van der Waals surface area contributed by atoms with Crippen molar-refractivity contribution in [2.45, 2.75) is 85.0 Å². The molecule has 0 aliphatic rings. The fourth-order valence-electron chi connectivity index (χ4n) is 3.92. The van der Waals surface area contributed by atoms with Crippen molar-refractivity contribution < 1.29 is 23.9 Å². The molecule has 0 radical (unpaired) electrons. The van der Waals surface area contributed by atoms with E-state index in [0.29, 0.717) is 17.2 Å². The van der Waals surface area contributed by atoms with Crippen molar-refractivity contribution in [2.24, 2.45) is 0 Å². The molecule has 39 heavy (non-hydrogen) atoms. The van der Waals surface area contributed by atoms with Crippen molar-refractivity contribution in [3.8, 4) is 5.75 Å². The van der Waals surface area contributed by atoms with E-state index in [4.69, 9.17) is 9.47 Å². The molecule has 3 amide bonds. The highest BCUT2D eigenvalue weighted by atomic mass is 16.6. The Morgan fingerprint density at radius 1 is 0.872 bits per heavy atom. The summed E-state index contributed by atoms with van der Waals surface area (Å²) < 4.78 is 10.7. The van der Waals surface area contributed by atoms with E-state index in [2.05, 4.69) is 19.2 Å². The number of benzene rings is 2. The molecule has 0 saturated heterocycles. The monoisotopic (exact) mass is 539 g/mol. The van der Waals surface area contributed by atoms with Gasteiger partial charge in [-0.1, -0.05) is 50.2 Å². The van der Waals surface area contributed by atoms with Crippen LogP contribution < -0.4 is 10.1 Å². The standard InChI is InChI=1S/C31H45N3O5/c1-21(2)23-13-15-24(16-14-23)27(28(36)32-30(3,4)5)34(19-22-11-17-25(38-10)18-12-22)26(35)20-33(9)29(37)39-31(6,7)8/h11-18,21,27H,19-20H2,1-10H3,(H,32,36). The van der Waals surface area contributed by atoms with Crippen LogP contribution in [0.3, 0.4) is 0 Å². The van der Waals surface area contributed by atoms with E-state index in [0.717, 1.165) is 11.1 Å². The largest absolute Gasteiger partial charge is 0.497 e. The van der Waals surface area contributed by atoms with Crippen LogP contribution in [0.1, 0.15) is 84.0 Å². The topological polar surface area (TPSA) is 88.2 Å². The Labute approximate surface area is 233 Å². The molecule has 8 nitrogen and oxygen atoms in total. The zero-order chi connectivity index (χ0) is 29.5. The molecule has 0 bridgehead atoms. The lowest BCUT2D eigenvalue weighted by Crippen LogP contribution is -2.51. The molecule has 1 N–H and O–H groups in total. The normalized spacial score (nSPS) is 12.5. The molecular weight excluding hydrogens is 494 g/mol. The second kappa shape index (κ2) is 13.0. The van der Waals surface area contributed by atoms with Gasteiger partial charge in [0.1, 0.15) is 23.9 Å². The van der Waals surface area contributed by atoms with Crippen LogP contribution >= 0.6 is 0 Å². The lowest BCUT2D eigenvalue weighted by molar-refractivity contribution is -0.142. The van der Waals surface area contributed by atoms with E-state index in [-0.39, 0.29) is 24.9 Å². The molecule has 0 aliphatic heterocycles. The highest BCUT2D eigenvalue weighted by Gasteiger charge is 2.34. The lowest BCUT2D eigenvalue weighted by Gasteiger charge is -2.35. The molecule has 2 aromatic carbocycles. The first-order valence-corrected chi connectivity index (χ1v) is 13.3. The number of hydrogen-bond donors (Lipinski definition) is 1.